The first kappa shape index (κ1) is 20.1. The average molecular weight is 470 g/mol. The lowest BCUT2D eigenvalue weighted by Gasteiger charge is -2.11. The average Bonchev–Trinajstić information content (AvgIpc) is 3.31. The molecule has 1 unspecified atom stereocenters. The van der Waals surface area contributed by atoms with Gasteiger partial charge in [-0.15, -0.1) is 0 Å². The van der Waals surface area contributed by atoms with Crippen molar-refractivity contribution >= 4 is 34.1 Å². The Balaban J connectivity index is 1.35. The maximum atomic E-state index is 11.8. The number of fused-ring (bicyclic) bond motifs is 1. The zero-order valence-corrected chi connectivity index (χ0v) is 18.7. The summed E-state index contributed by atoms with van der Waals surface area (Å²) >= 11 is 0. The number of ether oxygens (including phenoxy) is 1. The molecule has 3 N–H and O–H groups in total. The molecule has 2 aliphatic rings. The number of carbonyl (C=O) groups is 1. The van der Waals surface area contributed by atoms with Crippen molar-refractivity contribution in [1.29, 1.82) is 0 Å². The van der Waals surface area contributed by atoms with Gasteiger partial charge in [0.05, 0.1) is 18.3 Å². The molecule has 7 rings (SSSR count). The Morgan fingerprint density at radius 2 is 1.97 bits per heavy atom. The molecule has 0 bridgehead atoms. The second-order valence-electron chi connectivity index (χ2n) is 9.20. The fourth-order valence-electron chi connectivity index (χ4n) is 5.02. The summed E-state index contributed by atoms with van der Waals surface area (Å²) in [7, 11) is 0. The van der Waals surface area contributed by atoms with E-state index in [1.54, 1.807) is 10.9 Å². The Labute approximate surface area is 198 Å². The molecule has 0 amide bonds. The molecule has 1 saturated carbocycles. The van der Waals surface area contributed by atoms with Crippen LogP contribution in [0.15, 0.2) is 47.1 Å². The molecule has 1 aliphatic carbocycles. The number of benzene rings is 2. The van der Waals surface area contributed by atoms with Crippen molar-refractivity contribution in [2.45, 2.75) is 31.8 Å². The van der Waals surface area contributed by atoms with Crippen molar-refractivity contribution in [3.63, 3.8) is 0 Å². The van der Waals surface area contributed by atoms with E-state index in [9.17, 15) is 9.90 Å². The molecule has 2 aromatic carbocycles. The molecule has 35 heavy (non-hydrogen) atoms. The molecule has 0 radical (unpaired) electrons. The Hall–Kier alpha value is -4.34. The first-order chi connectivity index (χ1) is 17.0. The second kappa shape index (κ2) is 7.33. The van der Waals surface area contributed by atoms with Gasteiger partial charge in [-0.05, 0) is 61.1 Å². The normalized spacial score (nSPS) is 16.3. The Morgan fingerprint density at radius 3 is 2.80 bits per heavy atom. The SMILES string of the molecule is Nc1nc2cc(-c3nc4cc(-c5cnn(C(C(=O)O)C6CC6)c5)cc5c4n3CCCO5)ccc2o1. The van der Waals surface area contributed by atoms with Crippen molar-refractivity contribution in [1.82, 2.24) is 24.3 Å². The van der Waals surface area contributed by atoms with E-state index in [0.29, 0.717) is 17.7 Å². The number of rotatable bonds is 5. The fourth-order valence-corrected chi connectivity index (χ4v) is 5.02. The summed E-state index contributed by atoms with van der Waals surface area (Å²) in [6.45, 7) is 1.37. The van der Waals surface area contributed by atoms with Gasteiger partial charge in [0.2, 0.25) is 0 Å². The summed E-state index contributed by atoms with van der Waals surface area (Å²) in [5.74, 6) is 0.876. The zero-order valence-electron chi connectivity index (χ0n) is 18.7. The number of imidazole rings is 1. The van der Waals surface area contributed by atoms with Crippen LogP contribution in [0.3, 0.4) is 0 Å². The first-order valence-electron chi connectivity index (χ1n) is 11.7. The molecule has 4 heterocycles. The van der Waals surface area contributed by atoms with E-state index >= 15 is 0 Å². The summed E-state index contributed by atoms with van der Waals surface area (Å²) in [6, 6.07) is 9.25. The van der Waals surface area contributed by atoms with E-state index in [2.05, 4.69) is 14.6 Å². The standard InChI is InChI=1S/C25H22N6O4/c26-25-29-17-8-14(4-5-19(17)35-25)23-28-18-9-15(10-20-22(18)30(23)6-1-7-34-20)16-11-27-31(12-16)21(24(32)33)13-2-3-13/h4-5,8-13,21H,1-3,6-7H2,(H2,26,29)(H,32,33). The van der Waals surface area contributed by atoms with Crippen LogP contribution in [0.25, 0.3) is 44.6 Å². The van der Waals surface area contributed by atoms with E-state index in [1.807, 2.05) is 36.5 Å². The molecule has 1 atom stereocenters. The summed E-state index contributed by atoms with van der Waals surface area (Å²) < 4.78 is 15.3. The van der Waals surface area contributed by atoms with E-state index < -0.39 is 12.0 Å². The van der Waals surface area contributed by atoms with Gasteiger partial charge < -0.3 is 24.6 Å². The maximum absolute atomic E-state index is 11.8. The van der Waals surface area contributed by atoms with Crippen molar-refractivity contribution in [2.75, 3.05) is 12.3 Å². The molecule has 3 aromatic heterocycles. The molecule has 176 valence electrons. The van der Waals surface area contributed by atoms with E-state index in [0.717, 1.165) is 65.1 Å². The number of oxazole rings is 1. The molecule has 10 heteroatoms. The minimum Gasteiger partial charge on any atom is -0.491 e. The Kier molecular flexibility index (Phi) is 4.20. The Bertz CT molecular complexity index is 1630. The number of aryl methyl sites for hydroxylation is 1. The third-order valence-electron chi connectivity index (χ3n) is 6.79. The van der Waals surface area contributed by atoms with Crippen LogP contribution in [-0.2, 0) is 11.3 Å². The van der Waals surface area contributed by atoms with Crippen LogP contribution in [0.4, 0.5) is 6.01 Å². The molecule has 1 aliphatic heterocycles. The second-order valence-corrected chi connectivity index (χ2v) is 9.20. The van der Waals surface area contributed by atoms with Gasteiger partial charge in [-0.25, -0.2) is 9.78 Å². The quantitative estimate of drug-likeness (QED) is 0.392. The lowest BCUT2D eigenvalue weighted by atomic mass is 10.1. The van der Waals surface area contributed by atoms with E-state index in [-0.39, 0.29) is 11.9 Å². The molecule has 5 aromatic rings. The highest BCUT2D eigenvalue weighted by atomic mass is 16.5. The molecule has 10 nitrogen and oxygen atoms in total. The third-order valence-corrected chi connectivity index (χ3v) is 6.79. The number of aliphatic carboxylic acids is 1. The van der Waals surface area contributed by atoms with Crippen molar-refractivity contribution < 1.29 is 19.1 Å². The first-order valence-corrected chi connectivity index (χ1v) is 11.7. The van der Waals surface area contributed by atoms with Gasteiger partial charge in [0, 0.05) is 23.9 Å². The lowest BCUT2D eigenvalue weighted by molar-refractivity contribution is -0.141. The van der Waals surface area contributed by atoms with Crippen molar-refractivity contribution in [2.24, 2.45) is 5.92 Å². The van der Waals surface area contributed by atoms with Crippen LogP contribution in [0.1, 0.15) is 25.3 Å². The summed E-state index contributed by atoms with van der Waals surface area (Å²) in [5.41, 5.74) is 11.4. The highest BCUT2D eigenvalue weighted by Crippen LogP contribution is 2.41. The lowest BCUT2D eigenvalue weighted by Crippen LogP contribution is -2.21. The number of hydrogen-bond acceptors (Lipinski definition) is 7. The number of carboxylic acids is 1. The minimum atomic E-state index is -0.846. The Morgan fingerprint density at radius 1 is 1.11 bits per heavy atom. The zero-order chi connectivity index (χ0) is 23.7. The molecule has 0 saturated heterocycles. The number of hydrogen-bond donors (Lipinski definition) is 2. The van der Waals surface area contributed by atoms with Gasteiger partial charge in [0.25, 0.3) is 6.01 Å². The number of nitrogens with zero attached hydrogens (tertiary/aromatic N) is 5. The van der Waals surface area contributed by atoms with Crippen LogP contribution in [-0.4, -0.2) is 42.0 Å². The van der Waals surface area contributed by atoms with Crippen LogP contribution >= 0.6 is 0 Å². The van der Waals surface area contributed by atoms with Crippen LogP contribution in [0.2, 0.25) is 0 Å². The number of carboxylic acid groups (broad SMARTS) is 1. The summed E-state index contributed by atoms with van der Waals surface area (Å²) in [6.07, 6.45) is 6.21. The van der Waals surface area contributed by atoms with Gasteiger partial charge >= 0.3 is 5.97 Å². The predicted octanol–water partition coefficient (Wildman–Crippen LogP) is 4.11. The topological polar surface area (TPSA) is 134 Å². The summed E-state index contributed by atoms with van der Waals surface area (Å²) in [4.78, 5) is 21.0. The number of aromatic nitrogens is 5. The highest BCUT2D eigenvalue weighted by molar-refractivity contribution is 5.91. The van der Waals surface area contributed by atoms with Crippen LogP contribution in [0, 0.1) is 5.92 Å². The van der Waals surface area contributed by atoms with Gasteiger partial charge in [0.1, 0.15) is 22.6 Å². The van der Waals surface area contributed by atoms with Crippen molar-refractivity contribution in [3.05, 3.63) is 42.7 Å². The smallest absolute Gasteiger partial charge is 0.328 e. The number of anilines is 1. The van der Waals surface area contributed by atoms with Crippen molar-refractivity contribution in [3.8, 4) is 28.3 Å². The molecular formula is C25H22N6O4. The fraction of sp³-hybridized carbons (Fsp3) is 0.280. The maximum Gasteiger partial charge on any atom is 0.328 e. The number of nitrogens with two attached hydrogens (primary N) is 1. The molecular weight excluding hydrogens is 448 g/mol. The van der Waals surface area contributed by atoms with Gasteiger partial charge in [0.15, 0.2) is 11.6 Å². The number of nitrogen functional groups attached to an aromatic ring is 1. The van der Waals surface area contributed by atoms with Gasteiger partial charge in [-0.1, -0.05) is 0 Å². The third kappa shape index (κ3) is 3.24. The van der Waals surface area contributed by atoms with Crippen LogP contribution < -0.4 is 10.5 Å². The van der Waals surface area contributed by atoms with E-state index in [1.165, 1.54) is 0 Å². The minimum absolute atomic E-state index is 0.135. The van der Waals surface area contributed by atoms with Gasteiger partial charge in [-0.3, -0.25) is 4.68 Å². The largest absolute Gasteiger partial charge is 0.491 e. The van der Waals surface area contributed by atoms with E-state index in [4.69, 9.17) is 19.9 Å². The predicted molar refractivity (Wildman–Crippen MR) is 128 cm³/mol. The highest BCUT2D eigenvalue weighted by Gasteiger charge is 2.38. The van der Waals surface area contributed by atoms with Gasteiger partial charge in [-0.2, -0.15) is 10.1 Å². The summed E-state index contributed by atoms with van der Waals surface area (Å²) in [5, 5.41) is 14.1. The molecule has 1 fully saturated rings. The molecule has 0 spiro atoms. The monoisotopic (exact) mass is 470 g/mol. The van der Waals surface area contributed by atoms with Crippen LogP contribution in [0.5, 0.6) is 5.75 Å².